The normalized spacial score (nSPS) is 15.2. The molecule has 0 amide bonds. The molecule has 198 valence electrons. The summed E-state index contributed by atoms with van der Waals surface area (Å²) in [5, 5.41) is 9.42. The van der Waals surface area contributed by atoms with Crippen molar-refractivity contribution in [2.24, 2.45) is 4.99 Å². The summed E-state index contributed by atoms with van der Waals surface area (Å²) in [5.74, 6) is -1.49. The third kappa shape index (κ3) is 4.66. The molecule has 5 rings (SSSR count). The van der Waals surface area contributed by atoms with Crippen LogP contribution in [0.3, 0.4) is 0 Å². The predicted molar refractivity (Wildman–Crippen MR) is 149 cm³/mol. The van der Waals surface area contributed by atoms with Crippen LogP contribution in [0.15, 0.2) is 81.7 Å². The second-order valence-corrected chi connectivity index (χ2v) is 10.2. The number of rotatable bonds is 6. The van der Waals surface area contributed by atoms with E-state index in [1.165, 1.54) is 11.3 Å². The van der Waals surface area contributed by atoms with E-state index in [0.29, 0.717) is 20.6 Å². The average Bonchev–Trinajstić information content (AvgIpc) is 3.37. The molecule has 8 nitrogen and oxygen atoms in total. The molecule has 0 spiro atoms. The zero-order valence-electron chi connectivity index (χ0n) is 22.0. The van der Waals surface area contributed by atoms with Crippen LogP contribution >= 0.6 is 11.3 Å². The number of aryl methyl sites for hydroxylation is 1. The van der Waals surface area contributed by atoms with Crippen molar-refractivity contribution in [3.8, 4) is 5.69 Å². The maximum absolute atomic E-state index is 13.9. The van der Waals surface area contributed by atoms with Crippen LogP contribution in [0.1, 0.15) is 52.8 Å². The highest BCUT2D eigenvalue weighted by Crippen LogP contribution is 2.30. The van der Waals surface area contributed by atoms with E-state index in [-0.39, 0.29) is 17.7 Å². The molecule has 0 saturated carbocycles. The minimum Gasteiger partial charge on any atom is -0.478 e. The van der Waals surface area contributed by atoms with Crippen LogP contribution in [-0.2, 0) is 9.53 Å². The van der Waals surface area contributed by atoms with Crippen molar-refractivity contribution in [1.82, 2.24) is 9.13 Å². The Bertz CT molecular complexity index is 1830. The summed E-state index contributed by atoms with van der Waals surface area (Å²) in [4.78, 5) is 43.5. The Balaban J connectivity index is 1.67. The van der Waals surface area contributed by atoms with Crippen molar-refractivity contribution < 1.29 is 19.4 Å². The van der Waals surface area contributed by atoms with E-state index in [9.17, 15) is 19.5 Å². The number of aromatic nitrogens is 2. The molecule has 2 aromatic heterocycles. The molecule has 3 heterocycles. The Morgan fingerprint density at radius 3 is 2.51 bits per heavy atom. The van der Waals surface area contributed by atoms with Crippen LogP contribution in [-0.4, -0.2) is 32.8 Å². The molecule has 1 atom stereocenters. The highest BCUT2D eigenvalue weighted by atomic mass is 32.1. The van der Waals surface area contributed by atoms with E-state index in [1.807, 2.05) is 67.0 Å². The minimum absolute atomic E-state index is 0.198. The first-order chi connectivity index (χ1) is 18.7. The van der Waals surface area contributed by atoms with Crippen LogP contribution in [0.5, 0.6) is 0 Å². The lowest BCUT2D eigenvalue weighted by molar-refractivity contribution is -0.139. The van der Waals surface area contributed by atoms with Crippen LogP contribution in [0.4, 0.5) is 0 Å². The molecular formula is C30H27N3O5S. The number of carboxylic acids is 1. The van der Waals surface area contributed by atoms with Gasteiger partial charge in [-0.15, -0.1) is 0 Å². The number of ether oxygens (including phenoxy) is 1. The number of fused-ring (bicyclic) bond motifs is 1. The highest BCUT2D eigenvalue weighted by Gasteiger charge is 2.33. The Labute approximate surface area is 228 Å². The van der Waals surface area contributed by atoms with Gasteiger partial charge in [-0.3, -0.25) is 9.36 Å². The Kier molecular flexibility index (Phi) is 6.93. The zero-order chi connectivity index (χ0) is 27.8. The summed E-state index contributed by atoms with van der Waals surface area (Å²) < 4.78 is 9.35. The number of aromatic carboxylic acids is 1. The van der Waals surface area contributed by atoms with E-state index in [4.69, 9.17) is 4.74 Å². The molecule has 0 fully saturated rings. The summed E-state index contributed by atoms with van der Waals surface area (Å²) in [7, 11) is 0. The molecule has 0 bridgehead atoms. The monoisotopic (exact) mass is 541 g/mol. The van der Waals surface area contributed by atoms with E-state index < -0.39 is 18.0 Å². The number of hydrogen-bond donors (Lipinski definition) is 1. The van der Waals surface area contributed by atoms with Crippen molar-refractivity contribution in [1.29, 1.82) is 0 Å². The van der Waals surface area contributed by atoms with Gasteiger partial charge in [0.15, 0.2) is 4.80 Å². The van der Waals surface area contributed by atoms with Crippen molar-refractivity contribution in [3.05, 3.63) is 120 Å². The number of thiazole rings is 1. The van der Waals surface area contributed by atoms with Gasteiger partial charge in [0, 0.05) is 17.1 Å². The summed E-state index contributed by atoms with van der Waals surface area (Å²) in [6.07, 6.45) is 1.83. The molecule has 0 radical (unpaired) electrons. The number of carbonyl (C=O) groups is 2. The van der Waals surface area contributed by atoms with Gasteiger partial charge in [-0.1, -0.05) is 47.7 Å². The van der Waals surface area contributed by atoms with E-state index in [2.05, 4.69) is 4.99 Å². The first-order valence-electron chi connectivity index (χ1n) is 12.5. The van der Waals surface area contributed by atoms with Crippen molar-refractivity contribution in [2.45, 2.75) is 33.7 Å². The van der Waals surface area contributed by atoms with Gasteiger partial charge in [0.25, 0.3) is 5.56 Å². The Hall–Kier alpha value is -4.50. The van der Waals surface area contributed by atoms with E-state index in [1.54, 1.807) is 36.6 Å². The molecular weight excluding hydrogens is 514 g/mol. The number of allylic oxidation sites excluding steroid dienone is 1. The minimum atomic E-state index is -0.994. The number of nitrogens with zero attached hydrogens (tertiary/aromatic N) is 3. The molecule has 0 saturated heterocycles. The van der Waals surface area contributed by atoms with Gasteiger partial charge < -0.3 is 14.4 Å². The number of esters is 1. The number of hydrogen-bond acceptors (Lipinski definition) is 6. The summed E-state index contributed by atoms with van der Waals surface area (Å²) in [6, 6.07) is 17.4. The van der Waals surface area contributed by atoms with Crippen LogP contribution in [0, 0.1) is 13.8 Å². The highest BCUT2D eigenvalue weighted by molar-refractivity contribution is 7.07. The predicted octanol–water partition coefficient (Wildman–Crippen LogP) is 3.90. The standard InChI is InChI=1S/C30H27N3O5S/c1-5-38-29(37)25-18(3)31-30-33(26(25)20-10-7-6-8-11-20)27(34)24(39-30)16-22-14-17(2)32(19(22)4)23-13-9-12-21(15-23)28(35)36/h6-16,26H,5H2,1-4H3,(H,35,36)/b24-16-/t26-/m1/s1. The van der Waals surface area contributed by atoms with Crippen LogP contribution in [0.25, 0.3) is 11.8 Å². The maximum atomic E-state index is 13.9. The van der Waals surface area contributed by atoms with Crippen molar-refractivity contribution >= 4 is 29.4 Å². The smallest absolute Gasteiger partial charge is 0.338 e. The lowest BCUT2D eigenvalue weighted by Gasteiger charge is -2.24. The van der Waals surface area contributed by atoms with Gasteiger partial charge in [-0.2, -0.15) is 0 Å². The first kappa shape index (κ1) is 26.1. The fourth-order valence-corrected chi connectivity index (χ4v) is 6.03. The topological polar surface area (TPSA) is 103 Å². The van der Waals surface area contributed by atoms with Gasteiger partial charge in [0.05, 0.1) is 34.0 Å². The van der Waals surface area contributed by atoms with E-state index in [0.717, 1.165) is 28.2 Å². The number of carboxylic acid groups (broad SMARTS) is 1. The Morgan fingerprint density at radius 1 is 1.08 bits per heavy atom. The molecule has 0 aliphatic carbocycles. The number of benzene rings is 2. The molecule has 1 N–H and O–H groups in total. The number of carbonyl (C=O) groups excluding carboxylic acids is 1. The molecule has 1 aliphatic heterocycles. The maximum Gasteiger partial charge on any atom is 0.338 e. The van der Waals surface area contributed by atoms with Gasteiger partial charge in [0.2, 0.25) is 0 Å². The second-order valence-electron chi connectivity index (χ2n) is 9.23. The van der Waals surface area contributed by atoms with Crippen molar-refractivity contribution in [3.63, 3.8) is 0 Å². The molecule has 4 aromatic rings. The second kappa shape index (κ2) is 10.3. The zero-order valence-corrected chi connectivity index (χ0v) is 22.8. The third-order valence-corrected chi connectivity index (χ3v) is 7.72. The fourth-order valence-electron chi connectivity index (χ4n) is 4.99. The summed E-state index contributed by atoms with van der Waals surface area (Å²) in [5.41, 5.74) is 4.92. The van der Waals surface area contributed by atoms with Gasteiger partial charge in [-0.25, -0.2) is 14.6 Å². The van der Waals surface area contributed by atoms with Crippen molar-refractivity contribution in [2.75, 3.05) is 6.61 Å². The lowest BCUT2D eigenvalue weighted by Crippen LogP contribution is -2.39. The van der Waals surface area contributed by atoms with Gasteiger partial charge in [-0.05, 0) is 69.2 Å². The van der Waals surface area contributed by atoms with Crippen LogP contribution < -0.4 is 14.9 Å². The first-order valence-corrected chi connectivity index (χ1v) is 13.3. The fraction of sp³-hybridized carbons (Fsp3) is 0.200. The average molecular weight is 542 g/mol. The molecule has 0 unspecified atom stereocenters. The van der Waals surface area contributed by atoms with Gasteiger partial charge >= 0.3 is 11.9 Å². The Morgan fingerprint density at radius 2 is 1.82 bits per heavy atom. The molecule has 9 heteroatoms. The summed E-state index contributed by atoms with van der Waals surface area (Å²) >= 11 is 1.27. The van der Waals surface area contributed by atoms with E-state index >= 15 is 0 Å². The van der Waals surface area contributed by atoms with Crippen LogP contribution in [0.2, 0.25) is 0 Å². The molecule has 2 aromatic carbocycles. The largest absolute Gasteiger partial charge is 0.478 e. The molecule has 39 heavy (non-hydrogen) atoms. The van der Waals surface area contributed by atoms with Gasteiger partial charge in [0.1, 0.15) is 0 Å². The summed E-state index contributed by atoms with van der Waals surface area (Å²) in [6.45, 7) is 7.59. The quantitative estimate of drug-likeness (QED) is 0.373. The lowest BCUT2D eigenvalue weighted by atomic mass is 9.96. The SMILES string of the molecule is CCOC(=O)C1=C(C)N=c2s/c(=C\c3cc(C)n(-c4cccc(C(=O)O)c4)c3C)c(=O)n2[C@@H]1c1ccccc1. The third-order valence-electron chi connectivity index (χ3n) is 6.74. The molecule has 1 aliphatic rings.